The van der Waals surface area contributed by atoms with Crippen LogP contribution in [0.4, 0.5) is 0 Å². The molecule has 5 nitrogen and oxygen atoms in total. The average molecular weight is 293 g/mol. The predicted octanol–water partition coefficient (Wildman–Crippen LogP) is 1.99. The maximum atomic E-state index is 12.3. The topological polar surface area (TPSA) is 67.2 Å². The molecule has 2 rings (SSSR count). The lowest BCUT2D eigenvalue weighted by Crippen LogP contribution is -2.32. The summed E-state index contributed by atoms with van der Waals surface area (Å²) >= 11 is 0. The Hall–Kier alpha value is -1.36. The third kappa shape index (κ3) is 3.84. The van der Waals surface area contributed by atoms with Crippen LogP contribution in [0.1, 0.15) is 56.1 Å². The summed E-state index contributed by atoms with van der Waals surface area (Å²) in [5.41, 5.74) is 1.67. The van der Waals surface area contributed by atoms with E-state index in [4.69, 9.17) is 0 Å². The van der Waals surface area contributed by atoms with Crippen LogP contribution < -0.4 is 5.32 Å². The first-order valence-corrected chi connectivity index (χ1v) is 8.03. The van der Waals surface area contributed by atoms with Gasteiger partial charge in [0, 0.05) is 19.0 Å². The highest BCUT2D eigenvalue weighted by molar-refractivity contribution is 5.95. The van der Waals surface area contributed by atoms with E-state index in [0.717, 1.165) is 37.9 Å². The fourth-order valence-electron chi connectivity index (χ4n) is 3.05. The molecule has 0 aromatic carbocycles. The van der Waals surface area contributed by atoms with Crippen LogP contribution in [0.3, 0.4) is 0 Å². The zero-order valence-electron chi connectivity index (χ0n) is 13.3. The summed E-state index contributed by atoms with van der Waals surface area (Å²) in [7, 11) is 0. The number of nitrogens with zero attached hydrogens (tertiary/aromatic N) is 2. The lowest BCUT2D eigenvalue weighted by molar-refractivity contribution is 0.0915. The van der Waals surface area contributed by atoms with Crippen molar-refractivity contribution in [3.05, 3.63) is 17.5 Å². The van der Waals surface area contributed by atoms with Gasteiger partial charge in [0.15, 0.2) is 0 Å². The third-order valence-corrected chi connectivity index (χ3v) is 4.21. The van der Waals surface area contributed by atoms with Gasteiger partial charge in [0.25, 0.3) is 5.91 Å². The van der Waals surface area contributed by atoms with E-state index < -0.39 is 0 Å². The molecule has 0 saturated heterocycles. The number of hydrogen-bond donors (Lipinski definition) is 2. The smallest absolute Gasteiger partial charge is 0.254 e. The number of aliphatic hydroxyl groups excluding tert-OH is 1. The number of carbonyl (C=O) groups excluding carboxylic acids is 1. The number of rotatable bonds is 6. The summed E-state index contributed by atoms with van der Waals surface area (Å²) in [6, 6.07) is 0. The van der Waals surface area contributed by atoms with Crippen LogP contribution in [-0.2, 0) is 13.0 Å². The minimum absolute atomic E-state index is 0.0686. The highest BCUT2D eigenvalue weighted by Gasteiger charge is 2.26. The van der Waals surface area contributed by atoms with E-state index in [1.165, 1.54) is 0 Å². The van der Waals surface area contributed by atoms with Crippen LogP contribution >= 0.6 is 0 Å². The Morgan fingerprint density at radius 3 is 2.86 bits per heavy atom. The van der Waals surface area contributed by atoms with Crippen LogP contribution in [0.15, 0.2) is 6.20 Å². The fourth-order valence-corrected chi connectivity index (χ4v) is 3.05. The minimum Gasteiger partial charge on any atom is -0.393 e. The van der Waals surface area contributed by atoms with Gasteiger partial charge in [-0.25, -0.2) is 0 Å². The molecule has 0 spiro atoms. The monoisotopic (exact) mass is 293 g/mol. The van der Waals surface area contributed by atoms with Crippen molar-refractivity contribution in [3.8, 4) is 0 Å². The number of nitrogens with one attached hydrogen (secondary N) is 1. The molecule has 0 bridgehead atoms. The van der Waals surface area contributed by atoms with E-state index in [-0.39, 0.29) is 17.9 Å². The molecule has 1 amide bonds. The molecule has 1 aliphatic rings. The van der Waals surface area contributed by atoms with E-state index in [1.807, 2.05) is 11.6 Å². The molecule has 1 saturated carbocycles. The van der Waals surface area contributed by atoms with Gasteiger partial charge >= 0.3 is 0 Å². The zero-order valence-corrected chi connectivity index (χ0v) is 13.3. The lowest BCUT2D eigenvalue weighted by atomic mass is 10.1. The summed E-state index contributed by atoms with van der Waals surface area (Å²) in [5, 5.41) is 17.1. The van der Waals surface area contributed by atoms with E-state index in [9.17, 15) is 9.90 Å². The average Bonchev–Trinajstić information content (AvgIpc) is 3.01. The zero-order chi connectivity index (χ0) is 15.4. The molecule has 0 aliphatic heterocycles. The molecule has 1 aromatic heterocycles. The summed E-state index contributed by atoms with van der Waals surface area (Å²) < 4.78 is 1.93. The Bertz CT molecular complexity index is 482. The van der Waals surface area contributed by atoms with Crippen molar-refractivity contribution in [1.29, 1.82) is 0 Å². The Morgan fingerprint density at radius 1 is 1.52 bits per heavy atom. The van der Waals surface area contributed by atoms with Crippen molar-refractivity contribution in [2.24, 2.45) is 11.8 Å². The van der Waals surface area contributed by atoms with Crippen molar-refractivity contribution in [1.82, 2.24) is 15.1 Å². The molecule has 5 heteroatoms. The van der Waals surface area contributed by atoms with Gasteiger partial charge in [0.05, 0.1) is 23.6 Å². The number of aromatic nitrogens is 2. The van der Waals surface area contributed by atoms with E-state index >= 15 is 0 Å². The molecule has 1 fully saturated rings. The van der Waals surface area contributed by atoms with Crippen molar-refractivity contribution in [3.63, 3.8) is 0 Å². The van der Waals surface area contributed by atoms with Gasteiger partial charge in [-0.05, 0) is 25.2 Å². The SMILES string of the molecule is CCc1c(C(=O)NCC2CCCC2O)cnn1CC(C)C. The number of hydrogen-bond acceptors (Lipinski definition) is 3. The van der Waals surface area contributed by atoms with Gasteiger partial charge < -0.3 is 10.4 Å². The van der Waals surface area contributed by atoms with Gasteiger partial charge in [-0.3, -0.25) is 9.48 Å². The van der Waals surface area contributed by atoms with Crippen molar-refractivity contribution >= 4 is 5.91 Å². The Labute approximate surface area is 126 Å². The standard InChI is InChI=1S/C16H27N3O2/c1-4-14-13(9-18-19(14)10-11(2)3)16(21)17-8-12-6-5-7-15(12)20/h9,11-12,15,20H,4-8,10H2,1-3H3,(H,17,21). The highest BCUT2D eigenvalue weighted by Crippen LogP contribution is 2.24. The van der Waals surface area contributed by atoms with Crippen molar-refractivity contribution < 1.29 is 9.90 Å². The van der Waals surface area contributed by atoms with E-state index in [2.05, 4.69) is 24.3 Å². The van der Waals surface area contributed by atoms with Gasteiger partial charge in [0.2, 0.25) is 0 Å². The molecule has 2 N–H and O–H groups in total. The molecule has 0 radical (unpaired) electrons. The van der Waals surface area contributed by atoms with E-state index in [0.29, 0.717) is 18.0 Å². The van der Waals surface area contributed by atoms with Gasteiger partial charge in [-0.2, -0.15) is 5.10 Å². The molecule has 1 aromatic rings. The third-order valence-electron chi connectivity index (χ3n) is 4.21. The maximum Gasteiger partial charge on any atom is 0.254 e. The minimum atomic E-state index is -0.264. The first-order chi connectivity index (χ1) is 10.0. The predicted molar refractivity (Wildman–Crippen MR) is 82.1 cm³/mol. The second-order valence-corrected chi connectivity index (χ2v) is 6.40. The maximum absolute atomic E-state index is 12.3. The first-order valence-electron chi connectivity index (χ1n) is 8.03. The Kier molecular flexibility index (Phi) is 5.39. The molecular formula is C16H27N3O2. The number of amides is 1. The molecule has 118 valence electrons. The molecule has 2 atom stereocenters. The Balaban J connectivity index is 2.00. The van der Waals surface area contributed by atoms with Crippen LogP contribution in [0.25, 0.3) is 0 Å². The quantitative estimate of drug-likeness (QED) is 0.843. The van der Waals surface area contributed by atoms with Crippen molar-refractivity contribution in [2.75, 3.05) is 6.54 Å². The van der Waals surface area contributed by atoms with Crippen LogP contribution in [0, 0.1) is 11.8 Å². The normalized spacial score (nSPS) is 22.0. The second kappa shape index (κ2) is 7.07. The number of carbonyl (C=O) groups is 1. The van der Waals surface area contributed by atoms with Crippen molar-refractivity contribution in [2.45, 2.75) is 59.1 Å². The summed E-state index contributed by atoms with van der Waals surface area (Å²) in [4.78, 5) is 12.3. The van der Waals surface area contributed by atoms with Crippen LogP contribution in [0.5, 0.6) is 0 Å². The number of aliphatic hydroxyl groups is 1. The van der Waals surface area contributed by atoms with Crippen LogP contribution in [-0.4, -0.2) is 33.4 Å². The Morgan fingerprint density at radius 2 is 2.29 bits per heavy atom. The van der Waals surface area contributed by atoms with Crippen LogP contribution in [0.2, 0.25) is 0 Å². The fraction of sp³-hybridized carbons (Fsp3) is 0.750. The highest BCUT2D eigenvalue weighted by atomic mass is 16.3. The molecular weight excluding hydrogens is 266 g/mol. The molecule has 21 heavy (non-hydrogen) atoms. The summed E-state index contributed by atoms with van der Waals surface area (Å²) in [5.74, 6) is 0.630. The summed E-state index contributed by atoms with van der Waals surface area (Å²) in [6.07, 6.45) is 5.10. The first kappa shape index (κ1) is 16.0. The molecule has 1 aliphatic carbocycles. The molecule has 1 heterocycles. The molecule has 2 unspecified atom stereocenters. The largest absolute Gasteiger partial charge is 0.393 e. The second-order valence-electron chi connectivity index (χ2n) is 6.40. The van der Waals surface area contributed by atoms with E-state index in [1.54, 1.807) is 6.20 Å². The van der Waals surface area contributed by atoms with Gasteiger partial charge in [-0.1, -0.05) is 27.2 Å². The van der Waals surface area contributed by atoms with Gasteiger partial charge in [0.1, 0.15) is 0 Å². The lowest BCUT2D eigenvalue weighted by Gasteiger charge is -2.15. The summed E-state index contributed by atoms with van der Waals surface area (Å²) in [6.45, 7) is 7.71. The van der Waals surface area contributed by atoms with Gasteiger partial charge in [-0.15, -0.1) is 0 Å².